The second-order valence-corrected chi connectivity index (χ2v) is 6.62. The molecule has 0 bridgehead atoms. The van der Waals surface area contributed by atoms with Crippen LogP contribution in [0.2, 0.25) is 0 Å². The van der Waals surface area contributed by atoms with E-state index in [1.54, 1.807) is 0 Å². The van der Waals surface area contributed by atoms with Gasteiger partial charge in [0.25, 0.3) is 0 Å². The van der Waals surface area contributed by atoms with Crippen molar-refractivity contribution in [2.45, 2.75) is 30.3 Å². The highest BCUT2D eigenvalue weighted by Gasteiger charge is 2.31. The van der Waals surface area contributed by atoms with Gasteiger partial charge in [0.1, 0.15) is 4.08 Å². The number of allylic oxidation sites excluding steroid dienone is 1. The average molecular weight is 267 g/mol. The molecule has 0 spiro atoms. The summed E-state index contributed by atoms with van der Waals surface area (Å²) in [6.45, 7) is 6.12. The van der Waals surface area contributed by atoms with Gasteiger partial charge in [0.15, 0.2) is 0 Å². The molecule has 1 atom stereocenters. The molecule has 0 fully saturated rings. The molecule has 1 unspecified atom stereocenters. The van der Waals surface area contributed by atoms with Crippen molar-refractivity contribution < 1.29 is 0 Å². The van der Waals surface area contributed by atoms with Crippen LogP contribution in [0.15, 0.2) is 37.1 Å². The lowest BCUT2D eigenvalue weighted by Crippen LogP contribution is -2.18. The highest BCUT2D eigenvalue weighted by molar-refractivity contribution is 8.17. The van der Waals surface area contributed by atoms with Crippen molar-refractivity contribution in [3.63, 3.8) is 0 Å². The molecule has 3 heteroatoms. The van der Waals surface area contributed by atoms with E-state index in [1.165, 1.54) is 18.6 Å². The minimum absolute atomic E-state index is 0.0399. The lowest BCUT2D eigenvalue weighted by atomic mass is 10.2. The fourth-order valence-corrected chi connectivity index (χ4v) is 4.25. The van der Waals surface area contributed by atoms with Crippen molar-refractivity contribution in [2.24, 2.45) is 0 Å². The van der Waals surface area contributed by atoms with E-state index in [1.807, 2.05) is 41.9 Å². The molecule has 0 aliphatic heterocycles. The fraction of sp³-hybridized carbons (Fsp3) is 0.500. The molecule has 1 heterocycles. The summed E-state index contributed by atoms with van der Waals surface area (Å²) in [4.78, 5) is 4.53. The van der Waals surface area contributed by atoms with Gasteiger partial charge in [-0.3, -0.25) is 4.98 Å². The molecule has 0 amide bonds. The van der Waals surface area contributed by atoms with Crippen LogP contribution in [0.4, 0.5) is 0 Å². The first-order valence-electron chi connectivity index (χ1n) is 6.00. The van der Waals surface area contributed by atoms with Gasteiger partial charge in [-0.15, -0.1) is 30.1 Å². The van der Waals surface area contributed by atoms with Gasteiger partial charge in [0, 0.05) is 6.20 Å². The number of unbranched alkanes of at least 4 members (excludes halogenated alkanes) is 1. The van der Waals surface area contributed by atoms with Gasteiger partial charge in [-0.1, -0.05) is 25.5 Å². The molecule has 17 heavy (non-hydrogen) atoms. The van der Waals surface area contributed by atoms with E-state index in [9.17, 15) is 0 Å². The van der Waals surface area contributed by atoms with E-state index in [-0.39, 0.29) is 4.08 Å². The summed E-state index contributed by atoms with van der Waals surface area (Å²) in [6, 6.07) is 6.16. The number of hydrogen-bond donors (Lipinski definition) is 0. The standard InChI is InChI=1S/C14H21NS2/c1-4-6-12-17-14(16-3,10-5-2)13-9-7-8-11-15-13/h5,7-9,11H,2,4,6,10,12H2,1,3H3. The highest BCUT2D eigenvalue weighted by Crippen LogP contribution is 2.47. The van der Waals surface area contributed by atoms with Crippen LogP contribution in [0, 0.1) is 0 Å². The van der Waals surface area contributed by atoms with E-state index in [0.29, 0.717) is 0 Å². The first kappa shape index (κ1) is 14.7. The monoisotopic (exact) mass is 267 g/mol. The van der Waals surface area contributed by atoms with Crippen molar-refractivity contribution in [1.29, 1.82) is 0 Å². The Hall–Kier alpha value is -0.410. The van der Waals surface area contributed by atoms with Crippen molar-refractivity contribution >= 4 is 23.5 Å². The van der Waals surface area contributed by atoms with E-state index in [0.717, 1.165) is 12.1 Å². The summed E-state index contributed by atoms with van der Waals surface area (Å²) >= 11 is 3.88. The number of rotatable bonds is 8. The molecule has 0 N–H and O–H groups in total. The first-order chi connectivity index (χ1) is 8.29. The Morgan fingerprint density at radius 2 is 2.29 bits per heavy atom. The van der Waals surface area contributed by atoms with Crippen LogP contribution in [-0.2, 0) is 4.08 Å². The summed E-state index contributed by atoms with van der Waals surface area (Å²) in [5.74, 6) is 1.18. The Morgan fingerprint density at radius 1 is 1.47 bits per heavy atom. The maximum absolute atomic E-state index is 4.53. The molecule has 0 aliphatic carbocycles. The van der Waals surface area contributed by atoms with Crippen LogP contribution in [0.5, 0.6) is 0 Å². The lowest BCUT2D eigenvalue weighted by molar-refractivity contribution is 0.839. The van der Waals surface area contributed by atoms with Gasteiger partial charge in [0.05, 0.1) is 5.69 Å². The second kappa shape index (κ2) is 7.83. The van der Waals surface area contributed by atoms with Crippen LogP contribution in [-0.4, -0.2) is 17.0 Å². The highest BCUT2D eigenvalue weighted by atomic mass is 32.2. The molecule has 1 nitrogen and oxygen atoms in total. The van der Waals surface area contributed by atoms with Gasteiger partial charge in [-0.05, 0) is 37.0 Å². The number of nitrogens with zero attached hydrogens (tertiary/aromatic N) is 1. The Kier molecular flexibility index (Phi) is 6.75. The zero-order valence-corrected chi connectivity index (χ0v) is 12.3. The normalized spacial score (nSPS) is 14.2. The maximum atomic E-state index is 4.53. The predicted octanol–water partition coefficient (Wildman–Crippen LogP) is 4.71. The molecule has 0 aliphatic rings. The Bertz CT molecular complexity index is 326. The minimum atomic E-state index is 0.0399. The topological polar surface area (TPSA) is 12.9 Å². The van der Waals surface area contributed by atoms with Crippen LogP contribution >= 0.6 is 23.5 Å². The van der Waals surface area contributed by atoms with E-state index in [4.69, 9.17) is 0 Å². The Morgan fingerprint density at radius 3 is 2.82 bits per heavy atom. The van der Waals surface area contributed by atoms with Crippen molar-refractivity contribution in [2.75, 3.05) is 12.0 Å². The van der Waals surface area contributed by atoms with E-state index in [2.05, 4.69) is 36.9 Å². The minimum Gasteiger partial charge on any atom is -0.259 e. The third-order valence-corrected chi connectivity index (χ3v) is 5.85. The fourth-order valence-electron chi connectivity index (χ4n) is 1.64. The molecule has 1 aromatic rings. The van der Waals surface area contributed by atoms with Gasteiger partial charge >= 0.3 is 0 Å². The summed E-state index contributed by atoms with van der Waals surface area (Å²) in [6.07, 6.45) is 9.51. The summed E-state index contributed by atoms with van der Waals surface area (Å²) in [5.41, 5.74) is 1.16. The van der Waals surface area contributed by atoms with Gasteiger partial charge < -0.3 is 0 Å². The van der Waals surface area contributed by atoms with E-state index >= 15 is 0 Å². The lowest BCUT2D eigenvalue weighted by Gasteiger charge is -2.30. The third-order valence-electron chi connectivity index (χ3n) is 2.63. The predicted molar refractivity (Wildman–Crippen MR) is 81.6 cm³/mol. The van der Waals surface area contributed by atoms with Crippen LogP contribution in [0.3, 0.4) is 0 Å². The average Bonchev–Trinajstić information content (AvgIpc) is 2.39. The Labute approximate surface area is 113 Å². The van der Waals surface area contributed by atoms with Crippen LogP contribution in [0.1, 0.15) is 31.9 Å². The zero-order valence-electron chi connectivity index (χ0n) is 10.7. The number of pyridine rings is 1. The molecule has 0 radical (unpaired) electrons. The molecular formula is C14H21NS2. The second-order valence-electron chi connectivity index (χ2n) is 3.87. The molecule has 1 aromatic heterocycles. The largest absolute Gasteiger partial charge is 0.259 e. The summed E-state index contributed by atoms with van der Waals surface area (Å²) < 4.78 is 0.0399. The van der Waals surface area contributed by atoms with Gasteiger partial charge in [-0.25, -0.2) is 0 Å². The molecule has 94 valence electrons. The van der Waals surface area contributed by atoms with Crippen molar-refractivity contribution in [3.8, 4) is 0 Å². The summed E-state index contributed by atoms with van der Waals surface area (Å²) in [5, 5.41) is 0. The molecule has 1 rings (SSSR count). The van der Waals surface area contributed by atoms with Crippen LogP contribution in [0.25, 0.3) is 0 Å². The smallest absolute Gasteiger partial charge is 0.106 e. The molecule has 0 aromatic carbocycles. The third kappa shape index (κ3) is 4.07. The summed E-state index contributed by atoms with van der Waals surface area (Å²) in [7, 11) is 0. The SMILES string of the molecule is C=CCC(SC)(SCCCC)c1ccccn1. The van der Waals surface area contributed by atoms with E-state index < -0.39 is 0 Å². The van der Waals surface area contributed by atoms with Gasteiger partial charge in [0.2, 0.25) is 0 Å². The van der Waals surface area contributed by atoms with Gasteiger partial charge in [-0.2, -0.15) is 0 Å². The maximum Gasteiger partial charge on any atom is 0.106 e. The van der Waals surface area contributed by atoms with Crippen molar-refractivity contribution in [1.82, 2.24) is 4.98 Å². The quantitative estimate of drug-likeness (QED) is 0.385. The first-order valence-corrected chi connectivity index (χ1v) is 8.21. The zero-order chi connectivity index (χ0) is 12.6. The number of aromatic nitrogens is 1. The van der Waals surface area contributed by atoms with Crippen LogP contribution < -0.4 is 0 Å². The number of thioether (sulfide) groups is 2. The Balaban J connectivity index is 2.87. The molecule has 0 saturated heterocycles. The molecule has 0 saturated carbocycles. The van der Waals surface area contributed by atoms with Crippen molar-refractivity contribution in [3.05, 3.63) is 42.7 Å². The number of hydrogen-bond acceptors (Lipinski definition) is 3. The molecular weight excluding hydrogens is 246 g/mol.